The molecule has 0 radical (unpaired) electrons. The highest BCUT2D eigenvalue weighted by molar-refractivity contribution is 7.80. The number of nitrogens with one attached hydrogen (secondary N) is 1. The highest BCUT2D eigenvalue weighted by Gasteiger charge is 2.13. The number of alkyl halides is 1. The van der Waals surface area contributed by atoms with E-state index in [0.29, 0.717) is 17.0 Å². The zero-order valence-corrected chi connectivity index (χ0v) is 25.9. The molecule has 0 fully saturated rings. The molecule has 12 heteroatoms. The fourth-order valence-corrected chi connectivity index (χ4v) is 4.56. The van der Waals surface area contributed by atoms with Gasteiger partial charge >= 0.3 is 5.97 Å². The Morgan fingerprint density at radius 2 is 1.47 bits per heavy atom. The van der Waals surface area contributed by atoms with Crippen LogP contribution in [0.15, 0.2) is 34.8 Å². The smallest absolute Gasteiger partial charge is 0.331 e. The first-order chi connectivity index (χ1) is 17.9. The molecule has 0 amide bonds. The predicted octanol–water partition coefficient (Wildman–Crippen LogP) is 4.21. The Morgan fingerprint density at radius 1 is 1.00 bits per heavy atom. The molecule has 4 rings (SSSR count). The Hall–Kier alpha value is -1.73. The molecule has 1 aromatic heterocycles. The Bertz CT molecular complexity index is 1080. The number of thiocarbonyl (C=S) groups is 1. The monoisotopic (exact) mass is 601 g/mol. The average Bonchev–Trinajstić information content (AvgIpc) is 3.31. The molecule has 38 heavy (non-hydrogen) atoms. The number of carbonyl (C=O) groups excluding carboxylic acids is 1. The maximum Gasteiger partial charge on any atom is 0.331 e. The second kappa shape index (κ2) is 18.5. The van der Waals surface area contributed by atoms with E-state index >= 15 is 0 Å². The molecular formula is C26H40ClN5O3S3. The van der Waals surface area contributed by atoms with E-state index in [2.05, 4.69) is 50.4 Å². The quantitative estimate of drug-likeness (QED) is 0.346. The number of carboxylic acids is 1. The molecule has 4 heterocycles. The molecule has 0 atom stereocenters. The van der Waals surface area contributed by atoms with Crippen molar-refractivity contribution >= 4 is 69.7 Å². The van der Waals surface area contributed by atoms with Crippen molar-refractivity contribution in [1.82, 2.24) is 19.7 Å². The summed E-state index contributed by atoms with van der Waals surface area (Å²) in [5.41, 5.74) is 8.92. The number of ketones is 1. The number of likely N-dealkylation sites (N-methyl/N-ethyl adjacent to an activating group) is 3. The van der Waals surface area contributed by atoms with Crippen LogP contribution in [0.5, 0.6) is 0 Å². The van der Waals surface area contributed by atoms with Gasteiger partial charge in [0, 0.05) is 50.2 Å². The number of aromatic amines is 1. The van der Waals surface area contributed by atoms with Gasteiger partial charge in [-0.3, -0.25) is 4.79 Å². The summed E-state index contributed by atoms with van der Waals surface area (Å²) in [6.07, 6.45) is 8.66. The lowest BCUT2D eigenvalue weighted by Crippen LogP contribution is -2.26. The van der Waals surface area contributed by atoms with Gasteiger partial charge in [0.15, 0.2) is 9.74 Å². The minimum Gasteiger partial charge on any atom is -0.478 e. The van der Waals surface area contributed by atoms with E-state index in [0.717, 1.165) is 61.6 Å². The molecule has 0 aliphatic carbocycles. The molecule has 0 bridgehead atoms. The van der Waals surface area contributed by atoms with Crippen molar-refractivity contribution in [2.24, 2.45) is 5.73 Å². The molecule has 0 spiro atoms. The van der Waals surface area contributed by atoms with Gasteiger partial charge in [0.25, 0.3) is 0 Å². The van der Waals surface area contributed by atoms with E-state index in [4.69, 9.17) is 34.7 Å². The number of nitrogens with zero attached hydrogens (tertiary/aromatic N) is 3. The van der Waals surface area contributed by atoms with Gasteiger partial charge in [-0.15, -0.1) is 22.9 Å². The number of carboxylic acid groups (broad SMARTS) is 1. The third-order valence-corrected chi connectivity index (χ3v) is 7.16. The van der Waals surface area contributed by atoms with Gasteiger partial charge < -0.3 is 30.5 Å². The first-order valence-corrected chi connectivity index (χ1v) is 14.5. The van der Waals surface area contributed by atoms with Crippen LogP contribution in [0.1, 0.15) is 31.9 Å². The van der Waals surface area contributed by atoms with Crippen LogP contribution in [0.4, 0.5) is 0 Å². The second-order valence-electron chi connectivity index (χ2n) is 9.26. The maximum atomic E-state index is 11.1. The molecule has 212 valence electrons. The summed E-state index contributed by atoms with van der Waals surface area (Å²) in [7, 11) is 6.16. The maximum absolute atomic E-state index is 11.1. The van der Waals surface area contributed by atoms with Crippen LogP contribution in [0.2, 0.25) is 0 Å². The largest absolute Gasteiger partial charge is 0.478 e. The average molecular weight is 602 g/mol. The van der Waals surface area contributed by atoms with Crippen molar-refractivity contribution in [3.05, 3.63) is 44.4 Å². The minimum atomic E-state index is -0.770. The van der Waals surface area contributed by atoms with Crippen LogP contribution in [0.3, 0.4) is 0 Å². The molecule has 0 aromatic carbocycles. The lowest BCUT2D eigenvalue weighted by molar-refractivity contribution is -0.133. The third kappa shape index (κ3) is 14.4. The van der Waals surface area contributed by atoms with E-state index in [1.54, 1.807) is 24.3 Å². The van der Waals surface area contributed by atoms with Gasteiger partial charge in [0.05, 0.1) is 16.6 Å². The van der Waals surface area contributed by atoms with E-state index < -0.39 is 5.97 Å². The SMILES string of the molecule is CC(N)=S.CN1CC=C(C(=O)CCl)CC1.CN1CC=C(C(=O)O)CC1.CN1CC=C(c2csc(=S)[nH]2)CC1. The van der Waals surface area contributed by atoms with E-state index in [9.17, 15) is 9.59 Å². The summed E-state index contributed by atoms with van der Waals surface area (Å²) in [5.74, 6) is -0.567. The number of H-pyrrole nitrogens is 1. The highest BCUT2D eigenvalue weighted by Crippen LogP contribution is 2.21. The van der Waals surface area contributed by atoms with Gasteiger partial charge in [-0.1, -0.05) is 30.4 Å². The molecule has 0 unspecified atom stereocenters. The molecule has 0 saturated heterocycles. The van der Waals surface area contributed by atoms with Crippen LogP contribution in [0, 0.1) is 3.95 Å². The highest BCUT2D eigenvalue weighted by atomic mass is 35.5. The number of aromatic nitrogens is 1. The van der Waals surface area contributed by atoms with Crippen LogP contribution in [-0.2, 0) is 9.59 Å². The number of nitrogens with two attached hydrogens (primary N) is 1. The van der Waals surface area contributed by atoms with Gasteiger partial charge in [0.2, 0.25) is 0 Å². The topological polar surface area (TPSA) is 106 Å². The van der Waals surface area contributed by atoms with Crippen molar-refractivity contribution in [1.29, 1.82) is 0 Å². The van der Waals surface area contributed by atoms with Gasteiger partial charge in [-0.05, 0) is 70.7 Å². The van der Waals surface area contributed by atoms with Crippen molar-refractivity contribution < 1.29 is 14.7 Å². The summed E-state index contributed by atoms with van der Waals surface area (Å²) < 4.78 is 0.870. The Balaban J connectivity index is 0.000000268. The van der Waals surface area contributed by atoms with Crippen molar-refractivity contribution in [2.75, 3.05) is 66.3 Å². The lowest BCUT2D eigenvalue weighted by atomic mass is 10.1. The predicted molar refractivity (Wildman–Crippen MR) is 166 cm³/mol. The first kappa shape index (κ1) is 34.3. The Morgan fingerprint density at radius 3 is 1.82 bits per heavy atom. The number of aliphatic carboxylic acids is 1. The second-order valence-corrected chi connectivity index (χ2v) is 11.7. The fraction of sp³-hybridized carbons (Fsp3) is 0.538. The van der Waals surface area contributed by atoms with Crippen molar-refractivity contribution in [2.45, 2.75) is 26.2 Å². The third-order valence-electron chi connectivity index (χ3n) is 5.86. The van der Waals surface area contributed by atoms with Crippen LogP contribution >= 0.6 is 47.4 Å². The molecule has 4 N–H and O–H groups in total. The Labute approximate surface area is 245 Å². The van der Waals surface area contributed by atoms with E-state index in [1.165, 1.54) is 11.3 Å². The molecule has 8 nitrogen and oxygen atoms in total. The summed E-state index contributed by atoms with van der Waals surface area (Å²) >= 11 is 16.4. The summed E-state index contributed by atoms with van der Waals surface area (Å²) in [4.78, 5) is 31.7. The summed E-state index contributed by atoms with van der Waals surface area (Å²) in [5, 5.41) is 10.6. The fourth-order valence-electron chi connectivity index (χ4n) is 3.53. The van der Waals surface area contributed by atoms with E-state index in [1.807, 2.05) is 20.2 Å². The van der Waals surface area contributed by atoms with E-state index in [-0.39, 0.29) is 11.7 Å². The number of thiazole rings is 1. The normalized spacial score (nSPS) is 18.1. The number of carbonyl (C=O) groups is 2. The number of hydrogen-bond acceptors (Lipinski definition) is 8. The van der Waals surface area contributed by atoms with Gasteiger partial charge in [-0.25, -0.2) is 4.79 Å². The Kier molecular flexibility index (Phi) is 16.7. The molecule has 1 aromatic rings. The molecule has 3 aliphatic rings. The molecule has 0 saturated carbocycles. The van der Waals surface area contributed by atoms with Gasteiger partial charge in [-0.2, -0.15) is 0 Å². The lowest BCUT2D eigenvalue weighted by Gasteiger charge is -2.21. The summed E-state index contributed by atoms with van der Waals surface area (Å²) in [6, 6.07) is 0. The summed E-state index contributed by atoms with van der Waals surface area (Å²) in [6.45, 7) is 7.33. The number of rotatable bonds is 4. The minimum absolute atomic E-state index is 0.0831. The first-order valence-electron chi connectivity index (χ1n) is 12.3. The van der Waals surface area contributed by atoms with Crippen molar-refractivity contribution in [3.8, 4) is 0 Å². The molecular weight excluding hydrogens is 562 g/mol. The zero-order chi connectivity index (χ0) is 28.7. The zero-order valence-electron chi connectivity index (χ0n) is 22.7. The van der Waals surface area contributed by atoms with Gasteiger partial charge in [0.1, 0.15) is 0 Å². The number of halogens is 1. The van der Waals surface area contributed by atoms with Crippen LogP contribution in [-0.4, -0.2) is 108 Å². The number of hydrogen-bond donors (Lipinski definition) is 3. The van der Waals surface area contributed by atoms with Crippen molar-refractivity contribution in [3.63, 3.8) is 0 Å². The van der Waals surface area contributed by atoms with Crippen LogP contribution in [0.25, 0.3) is 5.57 Å². The van der Waals surface area contributed by atoms with Crippen LogP contribution < -0.4 is 5.73 Å². The standard InChI is InChI=1S/C9H12N2S2.C8H12ClNO.C7H11NO2.C2H5NS/c1-11-4-2-7(3-5-11)8-6-13-9(12)10-8;1-10-4-2-7(3-5-10)8(11)6-9;1-8-4-2-6(3-5-8)7(9)10;1-2(3)4/h2,6H,3-5H2,1H3,(H,10,12);2H,3-6H2,1H3;2H,3-5H2,1H3,(H,9,10);1H3,(H2,3,4). The number of Topliss-reactive ketones (excluding diaryl/α,β-unsaturated/α-hetero) is 1. The molecule has 3 aliphatic heterocycles.